The Morgan fingerprint density at radius 1 is 0.193 bits per heavy atom. The highest BCUT2D eigenvalue weighted by Gasteiger charge is 2.55. The van der Waals surface area contributed by atoms with Crippen molar-refractivity contribution in [3.8, 4) is 89.0 Å². The molecule has 2 aliphatic heterocycles. The van der Waals surface area contributed by atoms with E-state index >= 15 is 0 Å². The molecule has 0 N–H and O–H groups in total. The number of anilines is 12. The molecule has 0 atom stereocenters. The number of furan rings is 1. The van der Waals surface area contributed by atoms with Crippen molar-refractivity contribution in [1.82, 2.24) is 0 Å². The molecule has 2 spiro atoms. The van der Waals surface area contributed by atoms with Crippen LogP contribution >= 0.6 is 11.3 Å². The van der Waals surface area contributed by atoms with Crippen molar-refractivity contribution in [3.63, 3.8) is 0 Å². The van der Waals surface area contributed by atoms with Crippen molar-refractivity contribution in [1.29, 1.82) is 0 Å². The van der Waals surface area contributed by atoms with Gasteiger partial charge in [-0.05, 0) is 233 Å². The summed E-state index contributed by atoms with van der Waals surface area (Å²) in [4.78, 5) is 9.95. The van der Waals surface area contributed by atoms with Crippen molar-refractivity contribution in [2.24, 2.45) is 0 Å². The summed E-state index contributed by atoms with van der Waals surface area (Å²) in [5.41, 5.74) is 43.5. The van der Waals surface area contributed by atoms with Crippen molar-refractivity contribution in [2.45, 2.75) is 10.8 Å². The van der Waals surface area contributed by atoms with Gasteiger partial charge in [-0.2, -0.15) is 0 Å². The molecule has 0 saturated heterocycles. The minimum atomic E-state index is -0.606. The SMILES string of the molecule is c1ccc(-c2ccccc2-c2ccccc2N(c2ccc(-c3ccc4oc5ccccc5c4c3)cc2)c2cccc3c2-c2ccccc2C32c3ccccc3N(c3ccccc3)c3ccccc32)cc1.c1ccc(-c2ccccc2-c2ccccc2N(c2ccc(-c3cccc4c3sc3ccccc34)cc2)c2cccc3c2-c2ccccc2C32c3ccccc3N(c3ccccc3)c3ccccc32)cc1. The first-order valence-corrected chi connectivity index (χ1v) is 49.0. The predicted octanol–water partition coefficient (Wildman–Crippen LogP) is 36.9. The molecule has 28 rings (SSSR count). The Bertz CT molecular complexity index is 8870. The average molecular weight is 1800 g/mol. The second kappa shape index (κ2) is 33.6. The summed E-state index contributed by atoms with van der Waals surface area (Å²) in [5.74, 6) is 0. The standard InChI is InChI=1S/C67H44N2O.C67H44N2S/c1-3-20-46(21-4-1)50-24-7-8-25-51(50)52-26-10-15-33-60(52)68(49-41-38-45(39-42-49)47-40-43-65-55(44-47)53-27-11-18-37-64(53)70-65)63-36-19-32-59-66(63)54-28-9-12-29-56(54)67(59)57-30-13-16-34-61(57)69(48-22-5-2-6-23-48)62-35-17-14-31-58(62)67;1-3-21-45(22-4-1)49-25-7-8-26-51(49)52-27-10-15-36-60(52)68(48-43-41-46(42-44-48)50-30-19-31-54-53-28-11-18-40-64(53)70-66(50)54)63-39-20-35-59-65(63)55-29-9-12-32-56(55)67(59)57-33-13-16-37-61(57)69(47-23-5-2-6-24-47)62-38-17-14-34-58(62)67/h2*1-44H. The summed E-state index contributed by atoms with van der Waals surface area (Å²) in [6.07, 6.45) is 0. The van der Waals surface area contributed by atoms with E-state index in [1.165, 1.54) is 154 Å². The number of para-hydroxylation sites is 9. The van der Waals surface area contributed by atoms with Crippen LogP contribution in [0.2, 0.25) is 0 Å². The molecule has 6 heteroatoms. The second-order valence-electron chi connectivity index (χ2n) is 36.6. The van der Waals surface area contributed by atoms with Crippen LogP contribution in [0.1, 0.15) is 44.5 Å². The van der Waals surface area contributed by atoms with Gasteiger partial charge in [0.05, 0.1) is 56.3 Å². The third kappa shape index (κ3) is 12.8. The van der Waals surface area contributed by atoms with E-state index in [1.807, 2.05) is 23.5 Å². The molecule has 0 radical (unpaired) electrons. The summed E-state index contributed by atoms with van der Waals surface area (Å²) >= 11 is 1.88. The first kappa shape index (κ1) is 81.6. The Morgan fingerprint density at radius 3 is 0.993 bits per heavy atom. The van der Waals surface area contributed by atoms with Crippen molar-refractivity contribution < 1.29 is 4.42 Å². The first-order valence-electron chi connectivity index (χ1n) is 48.2. The van der Waals surface area contributed by atoms with E-state index in [0.717, 1.165) is 89.7 Å². The highest BCUT2D eigenvalue weighted by Crippen LogP contribution is 2.69. The van der Waals surface area contributed by atoms with Gasteiger partial charge in [-0.3, -0.25) is 0 Å². The fourth-order valence-electron chi connectivity index (χ4n) is 23.6. The molecule has 24 aromatic rings. The normalized spacial score (nSPS) is 12.9. The molecule has 4 heterocycles. The molecule has 5 nitrogen and oxygen atoms in total. The van der Waals surface area contributed by atoms with Gasteiger partial charge in [-0.1, -0.05) is 413 Å². The zero-order chi connectivity index (χ0) is 92.4. The predicted molar refractivity (Wildman–Crippen MR) is 586 cm³/mol. The summed E-state index contributed by atoms with van der Waals surface area (Å²) < 4.78 is 8.86. The maximum absolute atomic E-state index is 6.23. The van der Waals surface area contributed by atoms with E-state index in [4.69, 9.17) is 4.42 Å². The number of hydrogen-bond donors (Lipinski definition) is 0. The van der Waals surface area contributed by atoms with Crippen LogP contribution in [0.5, 0.6) is 0 Å². The third-order valence-corrected chi connectivity index (χ3v) is 30.6. The quantitative estimate of drug-likeness (QED) is 0.108. The summed E-state index contributed by atoms with van der Waals surface area (Å²) in [5, 5.41) is 4.86. The van der Waals surface area contributed by atoms with Crippen molar-refractivity contribution in [2.75, 3.05) is 19.6 Å². The van der Waals surface area contributed by atoms with Crippen LogP contribution in [0.15, 0.2) is 538 Å². The Balaban J connectivity index is 0.000000141. The largest absolute Gasteiger partial charge is 0.456 e. The van der Waals surface area contributed by atoms with Gasteiger partial charge in [0, 0.05) is 75.9 Å². The second-order valence-corrected chi connectivity index (χ2v) is 37.7. The van der Waals surface area contributed by atoms with Crippen LogP contribution in [0.3, 0.4) is 0 Å². The fourth-order valence-corrected chi connectivity index (χ4v) is 24.8. The summed E-state index contributed by atoms with van der Waals surface area (Å²) in [7, 11) is 0. The van der Waals surface area contributed by atoms with Crippen LogP contribution in [0.4, 0.5) is 68.2 Å². The van der Waals surface area contributed by atoms with Crippen LogP contribution < -0.4 is 19.6 Å². The van der Waals surface area contributed by atoms with Gasteiger partial charge in [0.1, 0.15) is 11.2 Å². The van der Waals surface area contributed by atoms with Gasteiger partial charge in [-0.15, -0.1) is 11.3 Å². The molecular formula is C134H88N4OS. The van der Waals surface area contributed by atoms with Crippen molar-refractivity contribution >= 4 is 122 Å². The maximum atomic E-state index is 6.23. The molecule has 0 unspecified atom stereocenters. The van der Waals surface area contributed by atoms with Gasteiger partial charge in [0.2, 0.25) is 0 Å². The minimum Gasteiger partial charge on any atom is -0.456 e. The van der Waals surface area contributed by atoms with E-state index in [2.05, 4.69) is 541 Å². The monoisotopic (exact) mass is 1800 g/mol. The van der Waals surface area contributed by atoms with Crippen molar-refractivity contribution in [3.05, 3.63) is 578 Å². The third-order valence-electron chi connectivity index (χ3n) is 29.4. The van der Waals surface area contributed by atoms with Gasteiger partial charge in [0.15, 0.2) is 0 Å². The number of benzene rings is 22. The van der Waals surface area contributed by atoms with E-state index in [1.54, 1.807) is 0 Å². The summed E-state index contributed by atoms with van der Waals surface area (Å²) in [6, 6.07) is 196. The Labute approximate surface area is 817 Å². The zero-order valence-corrected chi connectivity index (χ0v) is 77.2. The molecule has 4 aliphatic rings. The minimum absolute atomic E-state index is 0.599. The zero-order valence-electron chi connectivity index (χ0n) is 76.4. The number of nitrogens with zero attached hydrogens (tertiary/aromatic N) is 4. The van der Waals surface area contributed by atoms with Gasteiger partial charge in [-0.25, -0.2) is 0 Å². The van der Waals surface area contributed by atoms with Crippen LogP contribution in [0, 0.1) is 0 Å². The molecule has 656 valence electrons. The maximum Gasteiger partial charge on any atom is 0.135 e. The molecule has 0 amide bonds. The van der Waals surface area contributed by atoms with E-state index < -0.39 is 10.8 Å². The number of fused-ring (bicyclic) bond motifs is 24. The van der Waals surface area contributed by atoms with Gasteiger partial charge < -0.3 is 24.0 Å². The number of thiophene rings is 1. The van der Waals surface area contributed by atoms with E-state index in [-0.39, 0.29) is 0 Å². The smallest absolute Gasteiger partial charge is 0.135 e. The lowest BCUT2D eigenvalue weighted by Gasteiger charge is -2.45. The van der Waals surface area contributed by atoms with Gasteiger partial charge >= 0.3 is 0 Å². The van der Waals surface area contributed by atoms with E-state index in [9.17, 15) is 0 Å². The molecule has 0 fully saturated rings. The average Bonchev–Trinajstić information content (AvgIpc) is 1.45. The fraction of sp³-hybridized carbons (Fsp3) is 0.0149. The lowest BCUT2D eigenvalue weighted by molar-refractivity contribution is 0.669. The van der Waals surface area contributed by atoms with Crippen LogP contribution in [-0.4, -0.2) is 0 Å². The van der Waals surface area contributed by atoms with E-state index in [0.29, 0.717) is 0 Å². The molecule has 2 aromatic heterocycles. The Hall–Kier alpha value is -17.9. The Kier molecular flexibility index (Phi) is 19.6. The topological polar surface area (TPSA) is 26.1 Å². The highest BCUT2D eigenvalue weighted by molar-refractivity contribution is 7.26. The molecule has 2 aliphatic carbocycles. The molecular weight excluding hydrogens is 1710 g/mol. The highest BCUT2D eigenvalue weighted by atomic mass is 32.1. The molecule has 140 heavy (non-hydrogen) atoms. The molecule has 22 aromatic carbocycles. The van der Waals surface area contributed by atoms with Gasteiger partial charge in [0.25, 0.3) is 0 Å². The lowest BCUT2D eigenvalue weighted by atomic mass is 9.64. The number of rotatable bonds is 14. The van der Waals surface area contributed by atoms with Crippen LogP contribution in [-0.2, 0) is 10.8 Å². The first-order chi connectivity index (χ1) is 69.5. The number of hydrogen-bond acceptors (Lipinski definition) is 6. The summed E-state index contributed by atoms with van der Waals surface area (Å²) in [6.45, 7) is 0. The molecule has 0 bridgehead atoms. The Morgan fingerprint density at radius 2 is 0.514 bits per heavy atom. The lowest BCUT2D eigenvalue weighted by Crippen LogP contribution is -2.36. The van der Waals surface area contributed by atoms with Crippen LogP contribution in [0.25, 0.3) is 131 Å². The molecule has 0 saturated carbocycles.